The van der Waals surface area contributed by atoms with Crippen LogP contribution in [0.2, 0.25) is 0 Å². The van der Waals surface area contributed by atoms with E-state index in [2.05, 4.69) is 15.9 Å². The van der Waals surface area contributed by atoms with Crippen molar-refractivity contribution in [2.45, 2.75) is 37.4 Å². The van der Waals surface area contributed by atoms with Gasteiger partial charge in [0.25, 0.3) is 0 Å². The molecule has 0 spiro atoms. The molecule has 1 amide bonds. The summed E-state index contributed by atoms with van der Waals surface area (Å²) in [5.41, 5.74) is 0. The Morgan fingerprint density at radius 1 is 1.42 bits per heavy atom. The maximum absolute atomic E-state index is 11.6. The predicted octanol–water partition coefficient (Wildman–Crippen LogP) is 2.17. The molecule has 1 aliphatic rings. The van der Waals surface area contributed by atoms with Gasteiger partial charge in [-0.25, -0.2) is 0 Å². The average Bonchev–Trinajstić information content (AvgIpc) is 2.17. The van der Waals surface area contributed by atoms with E-state index in [-0.39, 0.29) is 10.7 Å². The maximum Gasteiger partial charge on any atom is 0.236 e. The van der Waals surface area contributed by atoms with Gasteiger partial charge in [0.15, 0.2) is 0 Å². The minimum atomic E-state index is 0.0376. The number of amides is 1. The lowest BCUT2D eigenvalue weighted by Crippen LogP contribution is -2.39. The van der Waals surface area contributed by atoms with Gasteiger partial charge in [0.2, 0.25) is 5.91 Å². The molecule has 0 unspecified atom stereocenters. The highest BCUT2D eigenvalue weighted by molar-refractivity contribution is 9.10. The van der Waals surface area contributed by atoms with Crippen molar-refractivity contribution >= 4 is 21.8 Å². The van der Waals surface area contributed by atoms with Gasteiger partial charge in [0, 0.05) is 13.1 Å². The summed E-state index contributed by atoms with van der Waals surface area (Å²) in [5, 5.41) is 0. The maximum atomic E-state index is 11.6. The first-order valence-corrected chi connectivity index (χ1v) is 5.60. The Labute approximate surface area is 82.4 Å². The van der Waals surface area contributed by atoms with Gasteiger partial charge in [-0.15, -0.1) is 0 Å². The fourth-order valence-electron chi connectivity index (χ4n) is 1.49. The lowest BCUT2D eigenvalue weighted by atomic mass is 10.1. The molecule has 0 aromatic heterocycles. The van der Waals surface area contributed by atoms with Crippen molar-refractivity contribution in [3.8, 4) is 0 Å². The number of carbonyl (C=O) groups is 1. The number of halogens is 1. The SMILES string of the molecule is CC[C@H](Br)C(=O)N1CCCCC1. The molecule has 1 aliphatic heterocycles. The third kappa shape index (κ3) is 2.47. The lowest BCUT2D eigenvalue weighted by molar-refractivity contribution is -0.131. The van der Waals surface area contributed by atoms with Gasteiger partial charge in [0.1, 0.15) is 0 Å². The highest BCUT2D eigenvalue weighted by atomic mass is 79.9. The summed E-state index contributed by atoms with van der Waals surface area (Å²) in [6.45, 7) is 3.95. The van der Waals surface area contributed by atoms with E-state index in [0.717, 1.165) is 19.5 Å². The van der Waals surface area contributed by atoms with Crippen LogP contribution in [-0.2, 0) is 4.79 Å². The fraction of sp³-hybridized carbons (Fsp3) is 0.889. The van der Waals surface area contributed by atoms with Gasteiger partial charge in [-0.2, -0.15) is 0 Å². The molecule has 1 atom stereocenters. The topological polar surface area (TPSA) is 20.3 Å². The number of hydrogen-bond acceptors (Lipinski definition) is 1. The second-order valence-electron chi connectivity index (χ2n) is 3.26. The Morgan fingerprint density at radius 3 is 2.50 bits per heavy atom. The second kappa shape index (κ2) is 4.85. The lowest BCUT2D eigenvalue weighted by Gasteiger charge is -2.28. The highest BCUT2D eigenvalue weighted by Gasteiger charge is 2.21. The van der Waals surface area contributed by atoms with Crippen molar-refractivity contribution in [1.29, 1.82) is 0 Å². The number of piperidine rings is 1. The summed E-state index contributed by atoms with van der Waals surface area (Å²) in [7, 11) is 0. The summed E-state index contributed by atoms with van der Waals surface area (Å²) >= 11 is 3.39. The Hall–Kier alpha value is -0.0500. The molecule has 3 heteroatoms. The first-order valence-electron chi connectivity index (χ1n) is 4.68. The van der Waals surface area contributed by atoms with Crippen molar-refractivity contribution in [1.82, 2.24) is 4.90 Å². The Morgan fingerprint density at radius 2 is 2.00 bits per heavy atom. The summed E-state index contributed by atoms with van der Waals surface area (Å²) in [4.78, 5) is 13.6. The predicted molar refractivity (Wildman–Crippen MR) is 53.4 cm³/mol. The van der Waals surface area contributed by atoms with E-state index in [4.69, 9.17) is 0 Å². The zero-order valence-electron chi connectivity index (χ0n) is 7.55. The third-order valence-corrected chi connectivity index (χ3v) is 3.33. The van der Waals surface area contributed by atoms with Crippen LogP contribution in [-0.4, -0.2) is 28.7 Å². The van der Waals surface area contributed by atoms with Crippen LogP contribution >= 0.6 is 15.9 Å². The van der Waals surface area contributed by atoms with Crippen LogP contribution in [0.4, 0.5) is 0 Å². The van der Waals surface area contributed by atoms with Gasteiger partial charge in [-0.3, -0.25) is 4.79 Å². The number of likely N-dealkylation sites (tertiary alicyclic amines) is 1. The molecule has 1 fully saturated rings. The molecule has 2 nitrogen and oxygen atoms in total. The number of hydrogen-bond donors (Lipinski definition) is 0. The van der Waals surface area contributed by atoms with Crippen LogP contribution in [0.1, 0.15) is 32.6 Å². The summed E-state index contributed by atoms with van der Waals surface area (Å²) in [6, 6.07) is 0. The van der Waals surface area contributed by atoms with Gasteiger partial charge < -0.3 is 4.90 Å². The van der Waals surface area contributed by atoms with Crippen LogP contribution in [0.5, 0.6) is 0 Å². The van der Waals surface area contributed by atoms with E-state index in [1.54, 1.807) is 0 Å². The first kappa shape index (κ1) is 10.0. The minimum Gasteiger partial charge on any atom is -0.342 e. The largest absolute Gasteiger partial charge is 0.342 e. The molecule has 12 heavy (non-hydrogen) atoms. The first-order chi connectivity index (χ1) is 5.75. The number of rotatable bonds is 2. The zero-order chi connectivity index (χ0) is 8.97. The van der Waals surface area contributed by atoms with E-state index in [1.807, 2.05) is 11.8 Å². The zero-order valence-corrected chi connectivity index (χ0v) is 9.14. The molecule has 1 heterocycles. The summed E-state index contributed by atoms with van der Waals surface area (Å²) in [5.74, 6) is 0.275. The average molecular weight is 234 g/mol. The standard InChI is InChI=1S/C9H16BrNO/c1-2-8(10)9(12)11-6-4-3-5-7-11/h8H,2-7H2,1H3/t8-/m0/s1. The molecule has 0 aliphatic carbocycles. The van der Waals surface area contributed by atoms with Crippen LogP contribution in [0.3, 0.4) is 0 Å². The normalized spacial score (nSPS) is 20.7. The molecule has 70 valence electrons. The van der Waals surface area contributed by atoms with E-state index >= 15 is 0 Å². The van der Waals surface area contributed by atoms with Crippen molar-refractivity contribution in [3.05, 3.63) is 0 Å². The highest BCUT2D eigenvalue weighted by Crippen LogP contribution is 2.14. The molecule has 1 saturated heterocycles. The fourth-order valence-corrected chi connectivity index (χ4v) is 1.78. The third-order valence-electron chi connectivity index (χ3n) is 2.29. The van der Waals surface area contributed by atoms with Crippen molar-refractivity contribution in [2.75, 3.05) is 13.1 Å². The van der Waals surface area contributed by atoms with Gasteiger partial charge in [-0.1, -0.05) is 22.9 Å². The quantitative estimate of drug-likeness (QED) is 0.670. The van der Waals surface area contributed by atoms with E-state index in [9.17, 15) is 4.79 Å². The molecule has 1 rings (SSSR count). The molecule has 0 saturated carbocycles. The van der Waals surface area contributed by atoms with E-state index in [1.165, 1.54) is 19.3 Å². The molecular formula is C9H16BrNO. The second-order valence-corrected chi connectivity index (χ2v) is 4.37. The molecule has 0 aromatic rings. The van der Waals surface area contributed by atoms with Crippen LogP contribution in [0, 0.1) is 0 Å². The van der Waals surface area contributed by atoms with Crippen LogP contribution in [0.25, 0.3) is 0 Å². The van der Waals surface area contributed by atoms with Crippen LogP contribution < -0.4 is 0 Å². The van der Waals surface area contributed by atoms with Gasteiger partial charge in [0.05, 0.1) is 4.83 Å². The summed E-state index contributed by atoms with van der Waals surface area (Å²) < 4.78 is 0. The van der Waals surface area contributed by atoms with Crippen molar-refractivity contribution in [3.63, 3.8) is 0 Å². The number of carbonyl (C=O) groups excluding carboxylic acids is 1. The molecule has 0 bridgehead atoms. The van der Waals surface area contributed by atoms with Gasteiger partial charge >= 0.3 is 0 Å². The number of nitrogens with zero attached hydrogens (tertiary/aromatic N) is 1. The Balaban J connectivity index is 2.39. The van der Waals surface area contributed by atoms with E-state index in [0.29, 0.717) is 0 Å². The van der Waals surface area contributed by atoms with Crippen LogP contribution in [0.15, 0.2) is 0 Å². The Bertz CT molecular complexity index is 155. The molecular weight excluding hydrogens is 218 g/mol. The molecule has 0 radical (unpaired) electrons. The molecule has 0 aromatic carbocycles. The Kier molecular flexibility index (Phi) is 4.06. The smallest absolute Gasteiger partial charge is 0.236 e. The van der Waals surface area contributed by atoms with E-state index < -0.39 is 0 Å². The monoisotopic (exact) mass is 233 g/mol. The minimum absolute atomic E-state index is 0.0376. The summed E-state index contributed by atoms with van der Waals surface area (Å²) in [6.07, 6.45) is 4.52. The molecule has 0 N–H and O–H groups in total. The van der Waals surface area contributed by atoms with Gasteiger partial charge in [-0.05, 0) is 25.7 Å². The number of alkyl halides is 1. The van der Waals surface area contributed by atoms with Crippen molar-refractivity contribution in [2.24, 2.45) is 0 Å². The van der Waals surface area contributed by atoms with Crippen molar-refractivity contribution < 1.29 is 4.79 Å².